The van der Waals surface area contributed by atoms with Crippen molar-refractivity contribution in [1.82, 2.24) is 15.6 Å². The van der Waals surface area contributed by atoms with Gasteiger partial charge in [0.05, 0.1) is 16.8 Å². The minimum Gasteiger partial charge on any atom is -0.349 e. The Labute approximate surface area is 163 Å². The van der Waals surface area contributed by atoms with E-state index in [1.807, 2.05) is 36.4 Å². The summed E-state index contributed by atoms with van der Waals surface area (Å²) in [4.78, 5) is 17.8. The van der Waals surface area contributed by atoms with Crippen LogP contribution in [0, 0.1) is 5.82 Å². The topological polar surface area (TPSA) is 54.0 Å². The van der Waals surface area contributed by atoms with Gasteiger partial charge in [0.25, 0.3) is 5.91 Å². The third kappa shape index (κ3) is 3.27. The molecule has 2 aromatic carbocycles. The van der Waals surface area contributed by atoms with Crippen molar-refractivity contribution in [3.05, 3.63) is 66.0 Å². The molecule has 0 saturated carbocycles. The molecule has 0 radical (unpaired) electrons. The third-order valence-electron chi connectivity index (χ3n) is 5.89. The minimum atomic E-state index is -0.355. The van der Waals surface area contributed by atoms with Crippen molar-refractivity contribution in [3.63, 3.8) is 0 Å². The Bertz CT molecular complexity index is 1020. The fraction of sp³-hybridized carbons (Fsp3) is 0.304. The number of piperidine rings is 1. The van der Waals surface area contributed by atoms with Crippen LogP contribution in [0.3, 0.4) is 0 Å². The minimum absolute atomic E-state index is 0.109. The van der Waals surface area contributed by atoms with E-state index in [9.17, 15) is 9.18 Å². The highest BCUT2D eigenvalue weighted by Gasteiger charge is 2.34. The highest BCUT2D eigenvalue weighted by Crippen LogP contribution is 2.29. The summed E-state index contributed by atoms with van der Waals surface area (Å²) in [5.41, 5.74) is 2.63. The van der Waals surface area contributed by atoms with Crippen molar-refractivity contribution in [2.24, 2.45) is 0 Å². The normalized spacial score (nSPS) is 23.7. The first-order chi connectivity index (χ1) is 13.7. The zero-order valence-corrected chi connectivity index (χ0v) is 15.5. The summed E-state index contributed by atoms with van der Waals surface area (Å²) < 4.78 is 13.8. The van der Waals surface area contributed by atoms with Gasteiger partial charge >= 0.3 is 0 Å². The summed E-state index contributed by atoms with van der Waals surface area (Å²) in [6.07, 6.45) is 4.30. The Hall–Kier alpha value is -2.79. The average molecular weight is 375 g/mol. The number of nitrogens with zero attached hydrogens (tertiary/aromatic N) is 1. The molecule has 2 bridgehead atoms. The molecule has 5 rings (SSSR count). The number of carbonyl (C=O) groups excluding carboxylic acids is 1. The summed E-state index contributed by atoms with van der Waals surface area (Å²) >= 11 is 0. The van der Waals surface area contributed by atoms with Crippen molar-refractivity contribution in [3.8, 4) is 11.3 Å². The van der Waals surface area contributed by atoms with Gasteiger partial charge in [-0.05, 0) is 43.9 Å². The van der Waals surface area contributed by atoms with Crippen molar-refractivity contribution < 1.29 is 9.18 Å². The average Bonchev–Trinajstić information content (AvgIpc) is 3.05. The van der Waals surface area contributed by atoms with Crippen LogP contribution in [0.15, 0.2) is 54.6 Å². The van der Waals surface area contributed by atoms with Gasteiger partial charge in [-0.1, -0.05) is 30.3 Å². The zero-order valence-electron chi connectivity index (χ0n) is 15.5. The second-order valence-corrected chi connectivity index (χ2v) is 7.86. The van der Waals surface area contributed by atoms with Crippen LogP contribution < -0.4 is 10.6 Å². The SMILES string of the molecule is O=C(NC1CC2CCC(C1)N2)c1cc(-c2ccccc2)nc2cc(F)ccc12. The molecule has 2 N–H and O–H groups in total. The number of pyridine rings is 1. The van der Waals surface area contributed by atoms with Crippen molar-refractivity contribution in [1.29, 1.82) is 0 Å². The van der Waals surface area contributed by atoms with Crippen molar-refractivity contribution >= 4 is 16.8 Å². The van der Waals surface area contributed by atoms with Gasteiger partial charge in [0.2, 0.25) is 0 Å². The Balaban J connectivity index is 1.52. The lowest BCUT2D eigenvalue weighted by Crippen LogP contribution is -2.48. The largest absolute Gasteiger partial charge is 0.349 e. The molecule has 2 unspecified atom stereocenters. The number of hydrogen-bond donors (Lipinski definition) is 2. The Morgan fingerprint density at radius 2 is 1.79 bits per heavy atom. The van der Waals surface area contributed by atoms with E-state index in [1.54, 1.807) is 6.07 Å². The van der Waals surface area contributed by atoms with Gasteiger partial charge in [-0.25, -0.2) is 9.37 Å². The number of benzene rings is 2. The van der Waals surface area contributed by atoms with Crippen LogP contribution in [-0.4, -0.2) is 29.0 Å². The first-order valence-electron chi connectivity index (χ1n) is 9.88. The lowest BCUT2D eigenvalue weighted by atomic mass is 9.98. The van der Waals surface area contributed by atoms with Gasteiger partial charge in [-0.3, -0.25) is 4.79 Å². The molecule has 4 nitrogen and oxygen atoms in total. The highest BCUT2D eigenvalue weighted by molar-refractivity contribution is 6.07. The van der Waals surface area contributed by atoms with E-state index >= 15 is 0 Å². The van der Waals surface area contributed by atoms with Gasteiger partial charge in [-0.15, -0.1) is 0 Å². The molecule has 0 spiro atoms. The molecule has 2 saturated heterocycles. The predicted octanol–water partition coefficient (Wildman–Crippen LogP) is 4.05. The molecule has 3 aromatic rings. The van der Waals surface area contributed by atoms with Gasteiger partial charge < -0.3 is 10.6 Å². The van der Waals surface area contributed by atoms with Gasteiger partial charge in [0.1, 0.15) is 5.82 Å². The Kier molecular flexibility index (Phi) is 4.32. The molecule has 142 valence electrons. The van der Waals surface area contributed by atoms with Crippen LogP contribution in [0.25, 0.3) is 22.2 Å². The van der Waals surface area contributed by atoms with Crippen LogP contribution in [0.2, 0.25) is 0 Å². The van der Waals surface area contributed by atoms with E-state index in [4.69, 9.17) is 0 Å². The molecule has 3 heterocycles. The summed E-state index contributed by atoms with van der Waals surface area (Å²) in [5.74, 6) is -0.464. The maximum Gasteiger partial charge on any atom is 0.252 e. The van der Waals surface area contributed by atoms with Crippen LogP contribution in [0.5, 0.6) is 0 Å². The quantitative estimate of drug-likeness (QED) is 0.726. The lowest BCUT2D eigenvalue weighted by molar-refractivity contribution is 0.0925. The number of amides is 1. The Morgan fingerprint density at radius 3 is 2.54 bits per heavy atom. The second-order valence-electron chi connectivity index (χ2n) is 7.86. The lowest BCUT2D eigenvalue weighted by Gasteiger charge is -2.29. The Morgan fingerprint density at radius 1 is 1.04 bits per heavy atom. The van der Waals surface area contributed by atoms with Crippen LogP contribution in [0.1, 0.15) is 36.0 Å². The van der Waals surface area contributed by atoms with E-state index in [1.165, 1.54) is 25.0 Å². The monoisotopic (exact) mass is 375 g/mol. The molecule has 2 aliphatic heterocycles. The first kappa shape index (κ1) is 17.3. The number of aromatic nitrogens is 1. The van der Waals surface area contributed by atoms with Gasteiger partial charge in [-0.2, -0.15) is 0 Å². The molecular formula is C23H22FN3O. The molecule has 1 aromatic heterocycles. The van der Waals surface area contributed by atoms with Crippen LogP contribution in [0.4, 0.5) is 4.39 Å². The fourth-order valence-electron chi connectivity index (χ4n) is 4.58. The van der Waals surface area contributed by atoms with E-state index in [0.29, 0.717) is 34.2 Å². The van der Waals surface area contributed by atoms with E-state index in [0.717, 1.165) is 18.4 Å². The summed E-state index contributed by atoms with van der Waals surface area (Å²) in [5, 5.41) is 7.49. The number of halogens is 1. The third-order valence-corrected chi connectivity index (χ3v) is 5.89. The summed E-state index contributed by atoms with van der Waals surface area (Å²) in [6, 6.07) is 17.1. The van der Waals surface area contributed by atoms with Crippen LogP contribution in [-0.2, 0) is 0 Å². The van der Waals surface area contributed by atoms with E-state index in [-0.39, 0.29) is 17.8 Å². The number of hydrogen-bond acceptors (Lipinski definition) is 3. The molecule has 5 heteroatoms. The predicted molar refractivity (Wildman–Crippen MR) is 108 cm³/mol. The number of nitrogens with one attached hydrogen (secondary N) is 2. The standard InChI is InChI=1S/C23H22FN3O/c24-15-6-9-19-20(23(28)26-18-11-16-7-8-17(12-18)25-16)13-21(27-22(19)10-15)14-4-2-1-3-5-14/h1-6,9-10,13,16-18,25H,7-8,11-12H2,(H,26,28). The highest BCUT2D eigenvalue weighted by atomic mass is 19.1. The smallest absolute Gasteiger partial charge is 0.252 e. The molecule has 28 heavy (non-hydrogen) atoms. The molecule has 2 atom stereocenters. The fourth-order valence-corrected chi connectivity index (χ4v) is 4.58. The number of carbonyl (C=O) groups is 1. The molecule has 1 amide bonds. The number of fused-ring (bicyclic) bond motifs is 3. The van der Waals surface area contributed by atoms with E-state index < -0.39 is 0 Å². The second kappa shape index (κ2) is 6.99. The summed E-state index contributed by atoms with van der Waals surface area (Å²) in [7, 11) is 0. The molecule has 2 aliphatic rings. The molecular weight excluding hydrogens is 353 g/mol. The molecule has 2 fully saturated rings. The van der Waals surface area contributed by atoms with Gasteiger partial charge in [0, 0.05) is 35.1 Å². The summed E-state index contributed by atoms with van der Waals surface area (Å²) in [6.45, 7) is 0. The van der Waals surface area contributed by atoms with Crippen molar-refractivity contribution in [2.75, 3.05) is 0 Å². The zero-order chi connectivity index (χ0) is 19.1. The van der Waals surface area contributed by atoms with E-state index in [2.05, 4.69) is 15.6 Å². The number of rotatable bonds is 3. The maximum atomic E-state index is 13.8. The maximum absolute atomic E-state index is 13.8. The molecule has 0 aliphatic carbocycles. The first-order valence-corrected chi connectivity index (χ1v) is 9.88. The van der Waals surface area contributed by atoms with Crippen molar-refractivity contribution in [2.45, 2.75) is 43.8 Å². The van der Waals surface area contributed by atoms with Gasteiger partial charge in [0.15, 0.2) is 0 Å². The van der Waals surface area contributed by atoms with Crippen LogP contribution >= 0.6 is 0 Å².